The van der Waals surface area contributed by atoms with Gasteiger partial charge in [-0.2, -0.15) is 0 Å². The van der Waals surface area contributed by atoms with Crippen molar-refractivity contribution in [2.75, 3.05) is 33.3 Å². The molecular formula is C23H30N2O2. The number of carbonyl (C=O) groups excluding carboxylic acids is 1. The van der Waals surface area contributed by atoms with E-state index in [9.17, 15) is 4.79 Å². The number of hydrogen-bond donors (Lipinski definition) is 0. The molecule has 0 N–H and O–H groups in total. The highest BCUT2D eigenvalue weighted by Crippen LogP contribution is 2.19. The molecule has 1 aliphatic heterocycles. The highest BCUT2D eigenvalue weighted by Gasteiger charge is 2.24. The molecule has 1 heterocycles. The molecule has 144 valence electrons. The minimum absolute atomic E-state index is 0.247. The highest BCUT2D eigenvalue weighted by atomic mass is 16.5. The van der Waals surface area contributed by atoms with Crippen molar-refractivity contribution in [3.05, 3.63) is 65.7 Å². The van der Waals surface area contributed by atoms with E-state index in [-0.39, 0.29) is 5.91 Å². The monoisotopic (exact) mass is 366 g/mol. The van der Waals surface area contributed by atoms with Crippen LogP contribution in [0.5, 0.6) is 5.75 Å². The Morgan fingerprint density at radius 1 is 1.00 bits per heavy atom. The van der Waals surface area contributed by atoms with E-state index in [0.717, 1.165) is 50.3 Å². The van der Waals surface area contributed by atoms with Crippen molar-refractivity contribution < 1.29 is 9.53 Å². The standard InChI is InChI=1S/C23H30N2O2/c1-19(18-20-8-4-3-5-9-20)24-14-16-25(17-15-24)23(26)13-12-21-10-6-7-11-22(21)27-2/h3-11,19H,12-18H2,1-2H3. The summed E-state index contributed by atoms with van der Waals surface area (Å²) < 4.78 is 5.38. The first kappa shape index (κ1) is 19.4. The molecule has 0 saturated carbocycles. The zero-order valence-corrected chi connectivity index (χ0v) is 16.4. The zero-order valence-electron chi connectivity index (χ0n) is 16.4. The molecular weight excluding hydrogens is 336 g/mol. The topological polar surface area (TPSA) is 32.8 Å². The Labute approximate surface area is 162 Å². The van der Waals surface area contributed by atoms with Gasteiger partial charge in [0, 0.05) is 38.6 Å². The SMILES string of the molecule is COc1ccccc1CCC(=O)N1CCN(C(C)Cc2ccccc2)CC1. The molecule has 0 aromatic heterocycles. The van der Waals surface area contributed by atoms with Crippen LogP contribution in [0.2, 0.25) is 0 Å². The summed E-state index contributed by atoms with van der Waals surface area (Å²) in [5.74, 6) is 1.11. The summed E-state index contributed by atoms with van der Waals surface area (Å²) in [6, 6.07) is 19.1. The van der Waals surface area contributed by atoms with Gasteiger partial charge in [-0.3, -0.25) is 9.69 Å². The van der Waals surface area contributed by atoms with E-state index >= 15 is 0 Å². The second kappa shape index (κ2) is 9.56. The third kappa shape index (κ3) is 5.33. The average Bonchev–Trinajstić information content (AvgIpc) is 2.73. The summed E-state index contributed by atoms with van der Waals surface area (Å²) in [6.45, 7) is 5.84. The Morgan fingerprint density at radius 3 is 2.37 bits per heavy atom. The van der Waals surface area contributed by atoms with Gasteiger partial charge in [0.1, 0.15) is 5.75 Å². The molecule has 1 aliphatic rings. The largest absolute Gasteiger partial charge is 0.496 e. The zero-order chi connectivity index (χ0) is 19.1. The number of hydrogen-bond acceptors (Lipinski definition) is 3. The number of carbonyl (C=O) groups is 1. The van der Waals surface area contributed by atoms with Crippen LogP contribution in [0.1, 0.15) is 24.5 Å². The molecule has 3 rings (SSSR count). The van der Waals surface area contributed by atoms with E-state index in [4.69, 9.17) is 4.74 Å². The van der Waals surface area contributed by atoms with Crippen molar-refractivity contribution in [2.45, 2.75) is 32.2 Å². The summed E-state index contributed by atoms with van der Waals surface area (Å²) in [6.07, 6.45) is 2.33. The smallest absolute Gasteiger partial charge is 0.222 e. The van der Waals surface area contributed by atoms with Crippen molar-refractivity contribution in [1.82, 2.24) is 9.80 Å². The number of rotatable bonds is 7. The van der Waals surface area contributed by atoms with Crippen molar-refractivity contribution in [3.8, 4) is 5.75 Å². The van der Waals surface area contributed by atoms with Gasteiger partial charge in [0.05, 0.1) is 7.11 Å². The lowest BCUT2D eigenvalue weighted by atomic mass is 10.0. The maximum absolute atomic E-state index is 12.6. The van der Waals surface area contributed by atoms with Crippen LogP contribution in [-0.4, -0.2) is 55.0 Å². The Hall–Kier alpha value is -2.33. The lowest BCUT2D eigenvalue weighted by molar-refractivity contribution is -0.133. The quantitative estimate of drug-likeness (QED) is 0.753. The summed E-state index contributed by atoms with van der Waals surface area (Å²) in [5.41, 5.74) is 2.48. The lowest BCUT2D eigenvalue weighted by Gasteiger charge is -2.38. The van der Waals surface area contributed by atoms with Crippen LogP contribution in [-0.2, 0) is 17.6 Å². The fourth-order valence-corrected chi connectivity index (χ4v) is 3.81. The van der Waals surface area contributed by atoms with Crippen LogP contribution in [0.15, 0.2) is 54.6 Å². The Bertz CT molecular complexity index is 724. The summed E-state index contributed by atoms with van der Waals surface area (Å²) in [5, 5.41) is 0. The van der Waals surface area contributed by atoms with Crippen LogP contribution in [0.4, 0.5) is 0 Å². The molecule has 2 aromatic carbocycles. The number of piperazine rings is 1. The Balaban J connectivity index is 1.45. The number of benzene rings is 2. The lowest BCUT2D eigenvalue weighted by Crippen LogP contribution is -2.51. The van der Waals surface area contributed by atoms with Crippen LogP contribution in [0, 0.1) is 0 Å². The van der Waals surface area contributed by atoms with Crippen LogP contribution in [0.3, 0.4) is 0 Å². The maximum Gasteiger partial charge on any atom is 0.222 e. The van der Waals surface area contributed by atoms with Crippen molar-refractivity contribution in [2.24, 2.45) is 0 Å². The van der Waals surface area contributed by atoms with Gasteiger partial charge < -0.3 is 9.64 Å². The molecule has 1 atom stereocenters. The van der Waals surface area contributed by atoms with E-state index in [1.807, 2.05) is 29.2 Å². The second-order valence-electron chi connectivity index (χ2n) is 7.27. The molecule has 0 radical (unpaired) electrons. The summed E-state index contributed by atoms with van der Waals surface area (Å²) in [4.78, 5) is 17.1. The molecule has 2 aromatic rings. The average molecular weight is 367 g/mol. The molecule has 1 amide bonds. The number of aryl methyl sites for hydroxylation is 1. The number of amides is 1. The Kier molecular flexibility index (Phi) is 6.88. The van der Waals surface area contributed by atoms with Gasteiger partial charge >= 0.3 is 0 Å². The van der Waals surface area contributed by atoms with Gasteiger partial charge in [0.2, 0.25) is 5.91 Å². The molecule has 1 fully saturated rings. The molecule has 0 bridgehead atoms. The van der Waals surface area contributed by atoms with Crippen molar-refractivity contribution >= 4 is 5.91 Å². The third-order valence-corrected chi connectivity index (χ3v) is 5.46. The van der Waals surface area contributed by atoms with E-state index in [0.29, 0.717) is 12.5 Å². The molecule has 4 nitrogen and oxygen atoms in total. The van der Waals surface area contributed by atoms with Crippen LogP contribution in [0.25, 0.3) is 0 Å². The summed E-state index contributed by atoms with van der Waals surface area (Å²) >= 11 is 0. The first-order chi connectivity index (χ1) is 13.2. The normalized spacial score (nSPS) is 16.1. The number of para-hydroxylation sites is 1. The minimum Gasteiger partial charge on any atom is -0.496 e. The van der Waals surface area contributed by atoms with Gasteiger partial charge in [0.25, 0.3) is 0 Å². The van der Waals surface area contributed by atoms with Gasteiger partial charge in [-0.25, -0.2) is 0 Å². The highest BCUT2D eigenvalue weighted by molar-refractivity contribution is 5.76. The van der Waals surface area contributed by atoms with Crippen LogP contribution >= 0.6 is 0 Å². The van der Waals surface area contributed by atoms with Gasteiger partial charge in [0.15, 0.2) is 0 Å². The van der Waals surface area contributed by atoms with Gasteiger partial charge in [-0.1, -0.05) is 48.5 Å². The van der Waals surface area contributed by atoms with E-state index in [1.54, 1.807) is 7.11 Å². The number of nitrogens with zero attached hydrogens (tertiary/aromatic N) is 2. The third-order valence-electron chi connectivity index (χ3n) is 5.46. The van der Waals surface area contributed by atoms with E-state index < -0.39 is 0 Å². The Morgan fingerprint density at radius 2 is 1.67 bits per heavy atom. The number of methoxy groups -OCH3 is 1. The van der Waals surface area contributed by atoms with E-state index in [1.165, 1.54) is 5.56 Å². The fourth-order valence-electron chi connectivity index (χ4n) is 3.81. The molecule has 1 saturated heterocycles. The number of ether oxygens (including phenoxy) is 1. The maximum atomic E-state index is 12.6. The van der Waals surface area contributed by atoms with Gasteiger partial charge in [-0.05, 0) is 37.0 Å². The van der Waals surface area contributed by atoms with E-state index in [2.05, 4.69) is 42.2 Å². The molecule has 4 heteroatoms. The molecule has 1 unspecified atom stereocenters. The first-order valence-electron chi connectivity index (χ1n) is 9.85. The predicted octanol–water partition coefficient (Wildman–Crippen LogP) is 3.40. The second-order valence-corrected chi connectivity index (χ2v) is 7.27. The fraction of sp³-hybridized carbons (Fsp3) is 0.435. The predicted molar refractivity (Wildman–Crippen MR) is 109 cm³/mol. The minimum atomic E-state index is 0.247. The van der Waals surface area contributed by atoms with Crippen LogP contribution < -0.4 is 4.74 Å². The molecule has 27 heavy (non-hydrogen) atoms. The molecule has 0 aliphatic carbocycles. The van der Waals surface area contributed by atoms with Gasteiger partial charge in [-0.15, -0.1) is 0 Å². The van der Waals surface area contributed by atoms with Crippen molar-refractivity contribution in [1.29, 1.82) is 0 Å². The molecule has 0 spiro atoms. The summed E-state index contributed by atoms with van der Waals surface area (Å²) in [7, 11) is 1.68. The first-order valence-corrected chi connectivity index (χ1v) is 9.85. The van der Waals surface area contributed by atoms with Crippen molar-refractivity contribution in [3.63, 3.8) is 0 Å².